The van der Waals surface area contributed by atoms with Crippen LogP contribution in [-0.2, 0) is 6.42 Å². The molecule has 0 atom stereocenters. The van der Waals surface area contributed by atoms with Crippen LogP contribution in [0, 0.1) is 5.41 Å². The van der Waals surface area contributed by atoms with Crippen molar-refractivity contribution < 1.29 is 9.53 Å². The molecule has 0 saturated heterocycles. The largest absolute Gasteiger partial charge is 0.422 e. The summed E-state index contributed by atoms with van der Waals surface area (Å²) in [4.78, 5) is 12.4. The molecule has 1 heterocycles. The first-order valence-electron chi connectivity index (χ1n) is 6.29. The third-order valence-corrected chi connectivity index (χ3v) is 3.44. The summed E-state index contributed by atoms with van der Waals surface area (Å²) in [5, 5.41) is 1.86. The molecule has 0 aliphatic rings. The number of rotatable bonds is 3. The van der Waals surface area contributed by atoms with E-state index in [1.54, 1.807) is 6.07 Å². The monoisotopic (exact) mass is 274 g/mol. The average Bonchev–Trinajstić information content (AvgIpc) is 2.83. The number of esters is 1. The van der Waals surface area contributed by atoms with Crippen molar-refractivity contribution in [3.05, 3.63) is 52.2 Å². The predicted molar refractivity (Wildman–Crippen MR) is 78.9 cm³/mol. The highest BCUT2D eigenvalue weighted by atomic mass is 32.1. The molecule has 2 nitrogen and oxygen atoms in total. The van der Waals surface area contributed by atoms with E-state index in [0.29, 0.717) is 10.6 Å². The van der Waals surface area contributed by atoms with Gasteiger partial charge in [-0.2, -0.15) is 0 Å². The lowest BCUT2D eigenvalue weighted by Gasteiger charge is -2.18. The van der Waals surface area contributed by atoms with Crippen molar-refractivity contribution >= 4 is 17.3 Å². The molecule has 0 N–H and O–H groups in total. The van der Waals surface area contributed by atoms with Crippen molar-refractivity contribution in [2.45, 2.75) is 27.2 Å². The molecule has 1 aromatic carbocycles. The summed E-state index contributed by atoms with van der Waals surface area (Å²) >= 11 is 1.39. The van der Waals surface area contributed by atoms with Gasteiger partial charge in [0, 0.05) is 0 Å². The summed E-state index contributed by atoms with van der Waals surface area (Å²) in [6.07, 6.45) is 1.01. The van der Waals surface area contributed by atoms with Gasteiger partial charge in [0.1, 0.15) is 10.6 Å². The van der Waals surface area contributed by atoms with E-state index >= 15 is 0 Å². The Labute approximate surface area is 118 Å². The van der Waals surface area contributed by atoms with Crippen molar-refractivity contribution in [2.24, 2.45) is 5.41 Å². The molecule has 0 spiro atoms. The number of carbonyl (C=O) groups excluding carboxylic acids is 1. The Morgan fingerprint density at radius 3 is 2.37 bits per heavy atom. The van der Waals surface area contributed by atoms with Crippen molar-refractivity contribution in [3.8, 4) is 5.75 Å². The zero-order valence-electron chi connectivity index (χ0n) is 11.5. The van der Waals surface area contributed by atoms with Crippen LogP contribution in [0.5, 0.6) is 5.75 Å². The van der Waals surface area contributed by atoms with Crippen LogP contribution in [0.15, 0.2) is 41.8 Å². The lowest BCUT2D eigenvalue weighted by atomic mass is 9.88. The highest BCUT2D eigenvalue weighted by Crippen LogP contribution is 2.23. The van der Waals surface area contributed by atoms with Crippen LogP contribution in [0.2, 0.25) is 0 Å². The van der Waals surface area contributed by atoms with Gasteiger partial charge in [0.2, 0.25) is 0 Å². The molecular weight excluding hydrogens is 256 g/mol. The Bertz CT molecular complexity index is 533. The smallest absolute Gasteiger partial charge is 0.353 e. The maximum atomic E-state index is 11.8. The highest BCUT2D eigenvalue weighted by Gasteiger charge is 2.12. The van der Waals surface area contributed by atoms with Gasteiger partial charge in [0.15, 0.2) is 0 Å². The van der Waals surface area contributed by atoms with Crippen molar-refractivity contribution in [3.63, 3.8) is 0 Å². The summed E-state index contributed by atoms with van der Waals surface area (Å²) in [6, 6.07) is 11.3. The van der Waals surface area contributed by atoms with Gasteiger partial charge in [-0.25, -0.2) is 4.79 Å². The molecule has 2 rings (SSSR count). The number of thiophene rings is 1. The molecule has 2 aromatic rings. The minimum atomic E-state index is -0.293. The van der Waals surface area contributed by atoms with Crippen LogP contribution in [0.4, 0.5) is 0 Å². The second-order valence-electron chi connectivity index (χ2n) is 5.75. The zero-order valence-corrected chi connectivity index (χ0v) is 12.3. The summed E-state index contributed by atoms with van der Waals surface area (Å²) in [6.45, 7) is 6.62. The predicted octanol–water partition coefficient (Wildman–Crippen LogP) is 4.56. The molecule has 0 bridgehead atoms. The first kappa shape index (κ1) is 13.8. The van der Waals surface area contributed by atoms with Crippen LogP contribution in [0.3, 0.4) is 0 Å². The Morgan fingerprint density at radius 2 is 1.84 bits per heavy atom. The average molecular weight is 274 g/mol. The van der Waals surface area contributed by atoms with E-state index in [1.165, 1.54) is 16.9 Å². The Morgan fingerprint density at radius 1 is 1.16 bits per heavy atom. The molecule has 0 aliphatic heterocycles. The molecule has 19 heavy (non-hydrogen) atoms. The first-order chi connectivity index (χ1) is 8.94. The van der Waals surface area contributed by atoms with Crippen molar-refractivity contribution in [1.29, 1.82) is 0 Å². The Kier molecular flexibility index (Phi) is 4.05. The molecule has 3 heteroatoms. The van der Waals surface area contributed by atoms with Crippen molar-refractivity contribution in [1.82, 2.24) is 0 Å². The zero-order chi connectivity index (χ0) is 13.9. The molecule has 0 amide bonds. The third kappa shape index (κ3) is 4.21. The van der Waals surface area contributed by atoms with Gasteiger partial charge in [-0.05, 0) is 41.0 Å². The van der Waals surface area contributed by atoms with Crippen LogP contribution < -0.4 is 4.74 Å². The van der Waals surface area contributed by atoms with Crippen LogP contribution in [-0.4, -0.2) is 5.97 Å². The van der Waals surface area contributed by atoms with E-state index < -0.39 is 0 Å². The van der Waals surface area contributed by atoms with Gasteiger partial charge in [0.05, 0.1) is 0 Å². The molecule has 0 aliphatic carbocycles. The van der Waals surface area contributed by atoms with E-state index in [4.69, 9.17) is 4.74 Å². The minimum Gasteiger partial charge on any atom is -0.422 e. The van der Waals surface area contributed by atoms with Gasteiger partial charge in [0.25, 0.3) is 0 Å². The molecular formula is C16H18O2S. The number of hydrogen-bond donors (Lipinski definition) is 0. The second-order valence-corrected chi connectivity index (χ2v) is 6.70. The fourth-order valence-electron chi connectivity index (χ4n) is 1.84. The van der Waals surface area contributed by atoms with E-state index in [0.717, 1.165) is 6.42 Å². The Balaban J connectivity index is 2.01. The second kappa shape index (κ2) is 5.57. The number of ether oxygens (including phenoxy) is 1. The van der Waals surface area contributed by atoms with Crippen LogP contribution in [0.1, 0.15) is 36.0 Å². The lowest BCUT2D eigenvalue weighted by molar-refractivity contribution is 0.0740. The Hall–Kier alpha value is -1.61. The topological polar surface area (TPSA) is 26.3 Å². The van der Waals surface area contributed by atoms with Crippen LogP contribution >= 0.6 is 11.3 Å². The maximum absolute atomic E-state index is 11.8. The number of hydrogen-bond acceptors (Lipinski definition) is 3. The van der Waals surface area contributed by atoms with Gasteiger partial charge in [-0.3, -0.25) is 0 Å². The van der Waals surface area contributed by atoms with Gasteiger partial charge in [-0.1, -0.05) is 39.0 Å². The standard InChI is InChI=1S/C16H18O2S/c1-16(2,3)11-12-6-8-13(9-7-12)18-15(17)14-5-4-10-19-14/h4-10H,11H2,1-3H3. The molecule has 1 aromatic heterocycles. The molecule has 0 radical (unpaired) electrons. The summed E-state index contributed by atoms with van der Waals surface area (Å²) < 4.78 is 5.32. The first-order valence-corrected chi connectivity index (χ1v) is 7.17. The van der Waals surface area contributed by atoms with Crippen molar-refractivity contribution in [2.75, 3.05) is 0 Å². The summed E-state index contributed by atoms with van der Waals surface area (Å²) in [7, 11) is 0. The van der Waals surface area contributed by atoms with Gasteiger partial charge >= 0.3 is 5.97 Å². The summed E-state index contributed by atoms with van der Waals surface area (Å²) in [5.74, 6) is 0.301. The fourth-order valence-corrected chi connectivity index (χ4v) is 2.44. The SMILES string of the molecule is CC(C)(C)Cc1ccc(OC(=O)c2cccs2)cc1. The normalized spacial score (nSPS) is 11.3. The number of benzene rings is 1. The van der Waals surface area contributed by atoms with E-state index in [2.05, 4.69) is 20.8 Å². The van der Waals surface area contributed by atoms with E-state index in [1.807, 2.05) is 35.7 Å². The minimum absolute atomic E-state index is 0.259. The maximum Gasteiger partial charge on any atom is 0.353 e. The van der Waals surface area contributed by atoms with Gasteiger partial charge in [-0.15, -0.1) is 11.3 Å². The molecule has 0 saturated carbocycles. The third-order valence-electron chi connectivity index (χ3n) is 2.59. The number of carbonyl (C=O) groups is 1. The quantitative estimate of drug-likeness (QED) is 0.606. The van der Waals surface area contributed by atoms with E-state index in [-0.39, 0.29) is 11.4 Å². The van der Waals surface area contributed by atoms with E-state index in [9.17, 15) is 4.79 Å². The lowest BCUT2D eigenvalue weighted by Crippen LogP contribution is -2.09. The van der Waals surface area contributed by atoms with Gasteiger partial charge < -0.3 is 4.74 Å². The van der Waals surface area contributed by atoms with Crippen LogP contribution in [0.25, 0.3) is 0 Å². The summed E-state index contributed by atoms with van der Waals surface area (Å²) in [5.41, 5.74) is 1.51. The highest BCUT2D eigenvalue weighted by molar-refractivity contribution is 7.12. The molecule has 100 valence electrons. The molecule has 0 unspecified atom stereocenters. The molecule has 0 fully saturated rings. The fraction of sp³-hybridized carbons (Fsp3) is 0.312.